The van der Waals surface area contributed by atoms with Gasteiger partial charge in [0.1, 0.15) is 5.04 Å². The molecule has 2 aliphatic heterocycles. The summed E-state index contributed by atoms with van der Waals surface area (Å²) in [6.45, 7) is 8.24. The van der Waals surface area contributed by atoms with E-state index in [1.165, 1.54) is 22.3 Å². The molecule has 1 aromatic heterocycles. The minimum absolute atomic E-state index is 0.0433. The monoisotopic (exact) mass is 467 g/mol. The highest BCUT2D eigenvalue weighted by Gasteiger charge is 2.36. The molecule has 2 aromatic carbocycles. The summed E-state index contributed by atoms with van der Waals surface area (Å²) in [7, 11) is 0. The van der Waals surface area contributed by atoms with Gasteiger partial charge in [-0.15, -0.1) is 0 Å². The molecular weight excluding hydrogens is 442 g/mol. The van der Waals surface area contributed by atoms with Gasteiger partial charge in [-0.1, -0.05) is 48.9 Å². The van der Waals surface area contributed by atoms with Crippen LogP contribution in [-0.2, 0) is 11.2 Å². The largest absolute Gasteiger partial charge is 0.318 e. The second-order valence-electron chi connectivity index (χ2n) is 8.47. The molecule has 2 aliphatic rings. The van der Waals surface area contributed by atoms with Crippen molar-refractivity contribution in [2.45, 2.75) is 34.1 Å². The minimum Gasteiger partial charge on any atom is -0.318 e. The lowest BCUT2D eigenvalue weighted by atomic mass is 10.1. The molecule has 0 aliphatic carbocycles. The molecule has 0 atom stereocenters. The zero-order valence-corrected chi connectivity index (χ0v) is 20.4. The molecular formula is C27H25N5OS. The van der Waals surface area contributed by atoms with Gasteiger partial charge in [-0.05, 0) is 74.4 Å². The third-order valence-corrected chi connectivity index (χ3v) is 7.08. The number of nitrogens with zero attached hydrogens (tertiary/aromatic N) is 4. The molecule has 6 nitrogen and oxygen atoms in total. The maximum atomic E-state index is 12.9. The molecule has 3 aromatic rings. The van der Waals surface area contributed by atoms with Crippen LogP contribution in [0.3, 0.4) is 0 Å². The molecule has 0 radical (unpaired) electrons. The minimum atomic E-state index is -0.416. The fourth-order valence-electron chi connectivity index (χ4n) is 4.17. The van der Waals surface area contributed by atoms with Crippen molar-refractivity contribution in [3.8, 4) is 5.69 Å². The number of aliphatic imine (C=N–C) groups is 1. The predicted octanol–water partition coefficient (Wildman–Crippen LogP) is 5.63. The number of nitrogens with one attached hydrogen (secondary N) is 1. The van der Waals surface area contributed by atoms with Gasteiger partial charge in [0.15, 0.2) is 5.84 Å². The van der Waals surface area contributed by atoms with Crippen LogP contribution >= 0.6 is 11.8 Å². The number of thioether (sulfide) groups is 1. The molecule has 0 saturated heterocycles. The van der Waals surface area contributed by atoms with Crippen molar-refractivity contribution in [1.29, 1.82) is 5.41 Å². The van der Waals surface area contributed by atoms with Crippen molar-refractivity contribution in [2.75, 3.05) is 0 Å². The van der Waals surface area contributed by atoms with E-state index in [1.54, 1.807) is 6.08 Å². The Morgan fingerprint density at radius 1 is 1.03 bits per heavy atom. The smallest absolute Gasteiger partial charge is 0.283 e. The van der Waals surface area contributed by atoms with Crippen molar-refractivity contribution < 1.29 is 4.79 Å². The van der Waals surface area contributed by atoms with Gasteiger partial charge in [0.05, 0.1) is 5.57 Å². The number of amidine groups is 2. The van der Waals surface area contributed by atoms with Crippen LogP contribution in [0.2, 0.25) is 0 Å². The summed E-state index contributed by atoms with van der Waals surface area (Å²) in [6.07, 6.45) is 2.76. The molecule has 0 fully saturated rings. The Bertz CT molecular complexity index is 1410. The standard InChI is InChI=1S/C27H25N5OS/c1-5-19-8-12-22(13-9-19)31-17(3)14-21(18(31)4)15-23-24(28)32-27(29-25(23)33)34-26(30-32)20-10-6-16(2)7-11-20/h6-15,28H,5H2,1-4H3. The summed E-state index contributed by atoms with van der Waals surface area (Å²) in [5.74, 6) is -0.372. The number of benzene rings is 2. The topological polar surface area (TPSA) is 73.8 Å². The number of hydrazone groups is 1. The third-order valence-electron chi connectivity index (χ3n) is 6.13. The average Bonchev–Trinajstić information content (AvgIpc) is 3.37. The second-order valence-corrected chi connectivity index (χ2v) is 9.43. The van der Waals surface area contributed by atoms with E-state index in [-0.39, 0.29) is 11.4 Å². The zero-order chi connectivity index (χ0) is 24.0. The van der Waals surface area contributed by atoms with Crippen LogP contribution < -0.4 is 0 Å². The zero-order valence-electron chi connectivity index (χ0n) is 19.6. The van der Waals surface area contributed by atoms with Gasteiger partial charge in [-0.2, -0.15) is 15.1 Å². The summed E-state index contributed by atoms with van der Waals surface area (Å²) >= 11 is 1.31. The summed E-state index contributed by atoms with van der Waals surface area (Å²) in [4.78, 5) is 17.1. The summed E-state index contributed by atoms with van der Waals surface area (Å²) in [5, 5.41) is 15.9. The van der Waals surface area contributed by atoms with E-state index in [0.29, 0.717) is 5.17 Å². The molecule has 170 valence electrons. The Balaban J connectivity index is 1.49. The maximum Gasteiger partial charge on any atom is 0.283 e. The summed E-state index contributed by atoms with van der Waals surface area (Å²) in [6, 6.07) is 18.6. The van der Waals surface area contributed by atoms with E-state index in [4.69, 9.17) is 5.41 Å². The van der Waals surface area contributed by atoms with Crippen LogP contribution in [-0.4, -0.2) is 31.5 Å². The van der Waals surface area contributed by atoms with E-state index in [0.717, 1.165) is 45.2 Å². The first-order chi connectivity index (χ1) is 16.4. The Hall–Kier alpha value is -3.71. The van der Waals surface area contributed by atoms with Gasteiger partial charge in [0.25, 0.3) is 5.91 Å². The molecule has 7 heteroatoms. The van der Waals surface area contributed by atoms with E-state index in [1.807, 2.05) is 51.1 Å². The lowest BCUT2D eigenvalue weighted by Crippen LogP contribution is -2.35. The number of carbonyl (C=O) groups is 1. The van der Waals surface area contributed by atoms with Crippen LogP contribution in [0.4, 0.5) is 0 Å². The lowest BCUT2D eigenvalue weighted by molar-refractivity contribution is -0.114. The molecule has 1 N–H and O–H groups in total. The first kappa shape index (κ1) is 22.1. The second kappa shape index (κ2) is 8.57. The maximum absolute atomic E-state index is 12.9. The Morgan fingerprint density at radius 3 is 2.41 bits per heavy atom. The fourth-order valence-corrected chi connectivity index (χ4v) is 5.07. The number of amides is 1. The average molecular weight is 468 g/mol. The molecule has 1 amide bonds. The summed E-state index contributed by atoms with van der Waals surface area (Å²) in [5.41, 5.74) is 7.65. The van der Waals surface area contributed by atoms with Crippen LogP contribution in [0.25, 0.3) is 11.8 Å². The molecule has 0 saturated carbocycles. The Labute approximate surface area is 203 Å². The number of hydrogen-bond donors (Lipinski definition) is 1. The van der Waals surface area contributed by atoms with Gasteiger partial charge in [0.2, 0.25) is 5.17 Å². The highest BCUT2D eigenvalue weighted by Crippen LogP contribution is 2.32. The first-order valence-corrected chi connectivity index (χ1v) is 12.0. The van der Waals surface area contributed by atoms with E-state index in [2.05, 4.69) is 45.9 Å². The van der Waals surface area contributed by atoms with Gasteiger partial charge >= 0.3 is 0 Å². The quantitative estimate of drug-likeness (QED) is 0.505. The molecule has 0 spiro atoms. The first-order valence-electron chi connectivity index (χ1n) is 11.2. The van der Waals surface area contributed by atoms with Gasteiger partial charge < -0.3 is 4.57 Å². The van der Waals surface area contributed by atoms with Crippen molar-refractivity contribution in [3.63, 3.8) is 0 Å². The Morgan fingerprint density at radius 2 is 1.74 bits per heavy atom. The highest BCUT2D eigenvalue weighted by atomic mass is 32.2. The highest BCUT2D eigenvalue weighted by molar-refractivity contribution is 8.27. The van der Waals surface area contributed by atoms with Crippen LogP contribution in [0.1, 0.15) is 40.6 Å². The van der Waals surface area contributed by atoms with Crippen molar-refractivity contribution in [2.24, 2.45) is 10.1 Å². The SMILES string of the molecule is CCc1ccc(-n2c(C)cc(C=C3C(=N)N4N=C(c5ccc(C)cc5)SC4=NC3=O)c2C)cc1. The van der Waals surface area contributed by atoms with E-state index < -0.39 is 5.91 Å². The number of aromatic nitrogens is 1. The Kier molecular flexibility index (Phi) is 5.57. The third kappa shape index (κ3) is 3.82. The van der Waals surface area contributed by atoms with Crippen LogP contribution in [0, 0.1) is 26.2 Å². The number of fused-ring (bicyclic) bond motifs is 1. The van der Waals surface area contributed by atoms with E-state index in [9.17, 15) is 4.79 Å². The van der Waals surface area contributed by atoms with E-state index >= 15 is 0 Å². The molecule has 0 bridgehead atoms. The fraction of sp³-hybridized carbons (Fsp3) is 0.185. The van der Waals surface area contributed by atoms with Gasteiger partial charge in [-0.3, -0.25) is 10.2 Å². The molecule has 3 heterocycles. The van der Waals surface area contributed by atoms with Crippen LogP contribution in [0.15, 0.2) is 70.3 Å². The molecule has 5 rings (SSSR count). The summed E-state index contributed by atoms with van der Waals surface area (Å²) < 4.78 is 2.16. The van der Waals surface area contributed by atoms with Gasteiger partial charge in [-0.25, -0.2) is 0 Å². The number of rotatable bonds is 4. The van der Waals surface area contributed by atoms with Crippen molar-refractivity contribution in [1.82, 2.24) is 9.58 Å². The molecule has 34 heavy (non-hydrogen) atoms. The normalized spacial score (nSPS) is 16.7. The number of hydrogen-bond acceptors (Lipinski definition) is 4. The number of aryl methyl sites for hydroxylation is 3. The number of carbonyl (C=O) groups excluding carboxylic acids is 1. The van der Waals surface area contributed by atoms with Crippen molar-refractivity contribution in [3.05, 3.63) is 93.8 Å². The molecule has 0 unspecified atom stereocenters. The van der Waals surface area contributed by atoms with Crippen LogP contribution in [0.5, 0.6) is 0 Å². The van der Waals surface area contributed by atoms with Gasteiger partial charge in [0, 0.05) is 22.6 Å². The van der Waals surface area contributed by atoms with Crippen molar-refractivity contribution >= 4 is 39.8 Å². The lowest BCUT2D eigenvalue weighted by Gasteiger charge is -2.20. The predicted molar refractivity (Wildman–Crippen MR) is 140 cm³/mol.